The number of anilines is 1. The Labute approximate surface area is 201 Å². The van der Waals surface area contributed by atoms with Crippen molar-refractivity contribution in [3.05, 3.63) is 71.0 Å². The molecule has 1 unspecified atom stereocenters. The SMILES string of the molecule is C[C@@H]1NC(C(=O)NNC(=O)CCNc2ccnc3cc(Cl)ccc23)Cc2c1[nH]c1ccccc21. The lowest BCUT2D eigenvalue weighted by atomic mass is 9.94. The third kappa shape index (κ3) is 4.42. The Morgan fingerprint density at radius 1 is 1.12 bits per heavy atom. The van der Waals surface area contributed by atoms with E-state index in [-0.39, 0.29) is 24.3 Å². The van der Waals surface area contributed by atoms with Crippen LogP contribution in [-0.4, -0.2) is 34.4 Å². The minimum Gasteiger partial charge on any atom is -0.384 e. The first-order chi connectivity index (χ1) is 16.5. The topological polar surface area (TPSA) is 111 Å². The molecule has 174 valence electrons. The molecule has 0 bridgehead atoms. The molecule has 0 saturated heterocycles. The summed E-state index contributed by atoms with van der Waals surface area (Å²) in [5.41, 5.74) is 10.0. The number of pyridine rings is 1. The summed E-state index contributed by atoms with van der Waals surface area (Å²) in [7, 11) is 0. The number of hydrazine groups is 1. The Kier molecular flexibility index (Phi) is 6.08. The molecule has 1 aliphatic rings. The molecule has 5 rings (SSSR count). The fourth-order valence-corrected chi connectivity index (χ4v) is 4.66. The number of H-pyrrole nitrogens is 1. The third-order valence-electron chi connectivity index (χ3n) is 6.15. The van der Waals surface area contributed by atoms with Gasteiger partial charge in [-0.2, -0.15) is 0 Å². The van der Waals surface area contributed by atoms with Crippen LogP contribution in [0.1, 0.15) is 30.6 Å². The van der Waals surface area contributed by atoms with E-state index >= 15 is 0 Å². The van der Waals surface area contributed by atoms with Crippen molar-refractivity contribution in [3.8, 4) is 0 Å². The van der Waals surface area contributed by atoms with Crippen molar-refractivity contribution in [1.29, 1.82) is 0 Å². The van der Waals surface area contributed by atoms with Crippen molar-refractivity contribution in [1.82, 2.24) is 26.1 Å². The number of benzene rings is 2. The number of rotatable bonds is 5. The summed E-state index contributed by atoms with van der Waals surface area (Å²) < 4.78 is 0. The lowest BCUT2D eigenvalue weighted by molar-refractivity contribution is -0.130. The van der Waals surface area contributed by atoms with Crippen molar-refractivity contribution in [3.63, 3.8) is 0 Å². The van der Waals surface area contributed by atoms with Crippen LogP contribution in [0.5, 0.6) is 0 Å². The second-order valence-electron chi connectivity index (χ2n) is 8.44. The largest absolute Gasteiger partial charge is 0.384 e. The molecule has 0 fully saturated rings. The third-order valence-corrected chi connectivity index (χ3v) is 6.39. The average molecular weight is 477 g/mol. The molecule has 2 atom stereocenters. The maximum Gasteiger partial charge on any atom is 0.255 e. The predicted molar refractivity (Wildman–Crippen MR) is 133 cm³/mol. The first-order valence-corrected chi connectivity index (χ1v) is 11.6. The number of nitrogens with zero attached hydrogens (tertiary/aromatic N) is 1. The van der Waals surface area contributed by atoms with E-state index in [1.165, 1.54) is 0 Å². The highest BCUT2D eigenvalue weighted by molar-refractivity contribution is 6.31. The molecule has 0 radical (unpaired) electrons. The molecule has 2 amide bonds. The van der Waals surface area contributed by atoms with Gasteiger partial charge in [-0.25, -0.2) is 0 Å². The monoisotopic (exact) mass is 476 g/mol. The molecule has 2 aromatic carbocycles. The molecule has 8 nitrogen and oxygen atoms in total. The van der Waals surface area contributed by atoms with E-state index in [1.54, 1.807) is 18.3 Å². The van der Waals surface area contributed by atoms with Gasteiger partial charge in [0.15, 0.2) is 0 Å². The fraction of sp³-hybridized carbons (Fsp3) is 0.240. The first kappa shape index (κ1) is 22.2. The van der Waals surface area contributed by atoms with Crippen LogP contribution in [-0.2, 0) is 16.0 Å². The Hall–Kier alpha value is -3.62. The summed E-state index contributed by atoms with van der Waals surface area (Å²) in [5.74, 6) is -0.542. The van der Waals surface area contributed by atoms with Crippen LogP contribution >= 0.6 is 11.6 Å². The second-order valence-corrected chi connectivity index (χ2v) is 8.88. The number of halogens is 1. The molecule has 5 N–H and O–H groups in total. The van der Waals surface area contributed by atoms with Crippen molar-refractivity contribution < 1.29 is 9.59 Å². The molecule has 3 heterocycles. The van der Waals surface area contributed by atoms with Gasteiger partial charge in [0.1, 0.15) is 0 Å². The molecule has 34 heavy (non-hydrogen) atoms. The minimum absolute atomic E-state index is 0.00290. The molecule has 2 aromatic heterocycles. The van der Waals surface area contributed by atoms with Crippen LogP contribution < -0.4 is 21.5 Å². The lowest BCUT2D eigenvalue weighted by Crippen LogP contribution is -2.53. The van der Waals surface area contributed by atoms with E-state index < -0.39 is 6.04 Å². The number of amides is 2. The van der Waals surface area contributed by atoms with Crippen LogP contribution in [0.2, 0.25) is 5.02 Å². The molecule has 1 aliphatic heterocycles. The number of hydrogen-bond donors (Lipinski definition) is 5. The molecular formula is C25H25ClN6O2. The second kappa shape index (κ2) is 9.32. The molecule has 0 spiro atoms. The zero-order valence-corrected chi connectivity index (χ0v) is 19.4. The van der Waals surface area contributed by atoms with Crippen LogP contribution in [0, 0.1) is 0 Å². The van der Waals surface area contributed by atoms with Crippen molar-refractivity contribution >= 4 is 50.9 Å². The minimum atomic E-state index is -0.435. The van der Waals surface area contributed by atoms with Gasteiger partial charge < -0.3 is 10.3 Å². The van der Waals surface area contributed by atoms with E-state index in [0.717, 1.165) is 38.8 Å². The highest BCUT2D eigenvalue weighted by Crippen LogP contribution is 2.31. The van der Waals surface area contributed by atoms with E-state index in [4.69, 9.17) is 11.6 Å². The summed E-state index contributed by atoms with van der Waals surface area (Å²) >= 11 is 6.03. The number of fused-ring (bicyclic) bond motifs is 4. The van der Waals surface area contributed by atoms with E-state index in [1.807, 2.05) is 37.3 Å². The Morgan fingerprint density at radius 3 is 2.85 bits per heavy atom. The molecule has 0 saturated carbocycles. The molecule has 9 heteroatoms. The van der Waals surface area contributed by atoms with Crippen molar-refractivity contribution in [2.75, 3.05) is 11.9 Å². The Balaban J connectivity index is 1.14. The summed E-state index contributed by atoms with van der Waals surface area (Å²) in [5, 5.41) is 9.24. The Morgan fingerprint density at radius 2 is 1.97 bits per heavy atom. The van der Waals surface area contributed by atoms with E-state index in [0.29, 0.717) is 18.0 Å². The van der Waals surface area contributed by atoms with Gasteiger partial charge in [0.25, 0.3) is 5.91 Å². The van der Waals surface area contributed by atoms with Gasteiger partial charge >= 0.3 is 0 Å². The number of aromatic amines is 1. The quantitative estimate of drug-likeness (QED) is 0.283. The van der Waals surface area contributed by atoms with Gasteiger partial charge in [-0.05, 0) is 49.2 Å². The smallest absolute Gasteiger partial charge is 0.255 e. The van der Waals surface area contributed by atoms with E-state index in [9.17, 15) is 9.59 Å². The summed E-state index contributed by atoms with van der Waals surface area (Å²) in [6.45, 7) is 2.43. The zero-order chi connectivity index (χ0) is 23.7. The summed E-state index contributed by atoms with van der Waals surface area (Å²) in [4.78, 5) is 32.8. The molecule has 4 aromatic rings. The maximum atomic E-state index is 12.8. The average Bonchev–Trinajstić information content (AvgIpc) is 3.22. The predicted octanol–water partition coefficient (Wildman–Crippen LogP) is 3.59. The van der Waals surface area contributed by atoms with Gasteiger partial charge in [0.2, 0.25) is 5.91 Å². The van der Waals surface area contributed by atoms with Gasteiger partial charge in [0.05, 0.1) is 11.6 Å². The molecule has 0 aliphatic carbocycles. The van der Waals surface area contributed by atoms with Crippen molar-refractivity contribution in [2.45, 2.75) is 31.8 Å². The van der Waals surface area contributed by atoms with Gasteiger partial charge in [0, 0.05) is 57.9 Å². The number of hydrogen-bond acceptors (Lipinski definition) is 5. The number of carbonyl (C=O) groups excluding carboxylic acids is 2. The number of aromatic nitrogens is 2. The van der Waals surface area contributed by atoms with Crippen LogP contribution in [0.25, 0.3) is 21.8 Å². The first-order valence-electron chi connectivity index (χ1n) is 11.2. The summed E-state index contributed by atoms with van der Waals surface area (Å²) in [6.07, 6.45) is 2.43. The van der Waals surface area contributed by atoms with Crippen LogP contribution in [0.15, 0.2) is 54.7 Å². The fourth-order valence-electron chi connectivity index (χ4n) is 4.49. The lowest BCUT2D eigenvalue weighted by Gasteiger charge is -2.28. The summed E-state index contributed by atoms with van der Waals surface area (Å²) in [6, 6.07) is 15.0. The normalized spacial score (nSPS) is 17.4. The number of para-hydroxylation sites is 1. The van der Waals surface area contributed by atoms with Gasteiger partial charge in [-0.1, -0.05) is 29.8 Å². The number of nitrogens with one attached hydrogen (secondary N) is 5. The van der Waals surface area contributed by atoms with Crippen LogP contribution in [0.3, 0.4) is 0 Å². The highest BCUT2D eigenvalue weighted by atomic mass is 35.5. The zero-order valence-electron chi connectivity index (χ0n) is 18.6. The van der Waals surface area contributed by atoms with Gasteiger partial charge in [-0.15, -0.1) is 0 Å². The van der Waals surface area contributed by atoms with E-state index in [2.05, 4.69) is 37.5 Å². The Bertz CT molecular complexity index is 1380. The molecular weight excluding hydrogens is 452 g/mol. The maximum absolute atomic E-state index is 12.8. The van der Waals surface area contributed by atoms with Crippen molar-refractivity contribution in [2.24, 2.45) is 0 Å². The highest BCUT2D eigenvalue weighted by Gasteiger charge is 2.31. The van der Waals surface area contributed by atoms with Gasteiger partial charge in [-0.3, -0.25) is 30.7 Å². The van der Waals surface area contributed by atoms with Crippen LogP contribution in [0.4, 0.5) is 5.69 Å². The standard InChI is InChI=1S/C25H25ClN6O2/c1-14-24-18(16-4-2-3-5-20(16)30-24)13-22(29-14)25(34)32-31-23(33)9-11-27-19-8-10-28-21-12-15(26)6-7-17(19)21/h2-8,10,12,14,22,29-30H,9,11,13H2,1H3,(H,27,28)(H,31,33)(H,32,34)/t14-,22?/m0/s1. The number of carbonyl (C=O) groups is 2.